The van der Waals surface area contributed by atoms with E-state index in [2.05, 4.69) is 0 Å². The molecule has 0 bridgehead atoms. The molecule has 1 fully saturated rings. The maximum atomic E-state index is 13.0. The third-order valence-corrected chi connectivity index (χ3v) is 3.23. The third-order valence-electron chi connectivity index (χ3n) is 2.87. The standard InChI is InChI=1S/C12H12ClFO/c13-12-4-3-11(14)6-9(12)5-10(7-15)8-1-2-8/h3-4,6-8,10H,1-2,5H2. The monoisotopic (exact) mass is 226 g/mol. The Bertz CT molecular complexity index is 374. The first kappa shape index (κ1) is 10.6. The van der Waals surface area contributed by atoms with Gasteiger partial charge in [0.05, 0.1) is 0 Å². The van der Waals surface area contributed by atoms with Crippen LogP contribution >= 0.6 is 11.6 Å². The molecule has 15 heavy (non-hydrogen) atoms. The molecule has 1 atom stereocenters. The summed E-state index contributed by atoms with van der Waals surface area (Å²) in [6, 6.07) is 4.29. The number of rotatable bonds is 4. The van der Waals surface area contributed by atoms with E-state index in [1.54, 1.807) is 6.07 Å². The van der Waals surface area contributed by atoms with Gasteiger partial charge < -0.3 is 4.79 Å². The Hall–Kier alpha value is -0.890. The Labute approximate surface area is 93.2 Å². The second-order valence-electron chi connectivity index (χ2n) is 4.08. The van der Waals surface area contributed by atoms with Crippen molar-refractivity contribution in [1.29, 1.82) is 0 Å². The minimum Gasteiger partial charge on any atom is -0.303 e. The fourth-order valence-corrected chi connectivity index (χ4v) is 2.00. The minimum atomic E-state index is -0.296. The quantitative estimate of drug-likeness (QED) is 0.721. The van der Waals surface area contributed by atoms with Crippen LogP contribution in [-0.2, 0) is 11.2 Å². The second-order valence-corrected chi connectivity index (χ2v) is 4.48. The van der Waals surface area contributed by atoms with Gasteiger partial charge in [-0.2, -0.15) is 0 Å². The Morgan fingerprint density at radius 2 is 2.27 bits per heavy atom. The molecule has 0 saturated heterocycles. The van der Waals surface area contributed by atoms with Gasteiger partial charge in [0, 0.05) is 10.9 Å². The Balaban J connectivity index is 2.14. The summed E-state index contributed by atoms with van der Waals surface area (Å²) in [5, 5.41) is 0.545. The molecular weight excluding hydrogens is 215 g/mol. The van der Waals surface area contributed by atoms with Crippen LogP contribution in [0.3, 0.4) is 0 Å². The predicted molar refractivity (Wildman–Crippen MR) is 57.4 cm³/mol. The highest BCUT2D eigenvalue weighted by Gasteiger charge is 2.31. The van der Waals surface area contributed by atoms with Gasteiger partial charge in [-0.3, -0.25) is 0 Å². The molecule has 1 unspecified atom stereocenters. The molecule has 80 valence electrons. The highest BCUT2D eigenvalue weighted by atomic mass is 35.5. The molecule has 3 heteroatoms. The molecule has 0 spiro atoms. The van der Waals surface area contributed by atoms with Gasteiger partial charge >= 0.3 is 0 Å². The van der Waals surface area contributed by atoms with Crippen molar-refractivity contribution < 1.29 is 9.18 Å². The van der Waals surface area contributed by atoms with Crippen molar-refractivity contribution in [2.75, 3.05) is 0 Å². The maximum absolute atomic E-state index is 13.0. The van der Waals surface area contributed by atoms with Crippen LogP contribution in [-0.4, -0.2) is 6.29 Å². The van der Waals surface area contributed by atoms with E-state index in [0.717, 1.165) is 24.7 Å². The average molecular weight is 227 g/mol. The summed E-state index contributed by atoms with van der Waals surface area (Å²) in [6.45, 7) is 0. The lowest BCUT2D eigenvalue weighted by molar-refractivity contribution is -0.111. The summed E-state index contributed by atoms with van der Waals surface area (Å²) in [5.74, 6) is 0.195. The number of benzene rings is 1. The molecule has 2 rings (SSSR count). The Kier molecular flexibility index (Phi) is 3.06. The number of aldehydes is 1. The van der Waals surface area contributed by atoms with Gasteiger partial charge in [-0.15, -0.1) is 0 Å². The normalized spacial score (nSPS) is 17.5. The first-order valence-electron chi connectivity index (χ1n) is 5.10. The van der Waals surface area contributed by atoms with Crippen LogP contribution in [0.2, 0.25) is 5.02 Å². The van der Waals surface area contributed by atoms with E-state index < -0.39 is 0 Å². The van der Waals surface area contributed by atoms with E-state index >= 15 is 0 Å². The zero-order valence-electron chi connectivity index (χ0n) is 8.25. The van der Waals surface area contributed by atoms with Crippen molar-refractivity contribution in [1.82, 2.24) is 0 Å². The van der Waals surface area contributed by atoms with E-state index in [-0.39, 0.29) is 11.7 Å². The zero-order chi connectivity index (χ0) is 10.8. The molecule has 1 aliphatic carbocycles. The van der Waals surface area contributed by atoms with Crippen molar-refractivity contribution in [2.45, 2.75) is 19.3 Å². The fourth-order valence-electron chi connectivity index (χ4n) is 1.80. The lowest BCUT2D eigenvalue weighted by Gasteiger charge is -2.10. The van der Waals surface area contributed by atoms with E-state index in [0.29, 0.717) is 17.4 Å². The number of hydrogen-bond donors (Lipinski definition) is 0. The average Bonchev–Trinajstić information content (AvgIpc) is 3.03. The predicted octanol–water partition coefficient (Wildman–Crippen LogP) is 3.25. The van der Waals surface area contributed by atoms with Gasteiger partial charge in [0.15, 0.2) is 0 Å². The molecule has 0 heterocycles. The van der Waals surface area contributed by atoms with Crippen molar-refractivity contribution in [3.63, 3.8) is 0 Å². The van der Waals surface area contributed by atoms with Crippen molar-refractivity contribution in [3.8, 4) is 0 Å². The molecule has 1 nitrogen and oxygen atoms in total. The molecule has 1 aliphatic rings. The van der Waals surface area contributed by atoms with Crippen LogP contribution in [0.25, 0.3) is 0 Å². The van der Waals surface area contributed by atoms with E-state index in [1.165, 1.54) is 12.1 Å². The number of halogens is 2. The van der Waals surface area contributed by atoms with E-state index in [4.69, 9.17) is 11.6 Å². The highest BCUT2D eigenvalue weighted by molar-refractivity contribution is 6.31. The molecular formula is C12H12ClFO. The summed E-state index contributed by atoms with van der Waals surface area (Å²) < 4.78 is 13.0. The van der Waals surface area contributed by atoms with Crippen LogP contribution in [0, 0.1) is 17.7 Å². The number of carbonyl (C=O) groups excluding carboxylic acids is 1. The summed E-state index contributed by atoms with van der Waals surface area (Å²) in [7, 11) is 0. The molecule has 1 aromatic carbocycles. The molecule has 0 N–H and O–H groups in total. The lowest BCUT2D eigenvalue weighted by atomic mass is 9.96. The van der Waals surface area contributed by atoms with Crippen LogP contribution in [0.4, 0.5) is 4.39 Å². The minimum absolute atomic E-state index is 0.00398. The van der Waals surface area contributed by atoms with Gasteiger partial charge in [-0.05, 0) is 48.9 Å². The van der Waals surface area contributed by atoms with Crippen molar-refractivity contribution in [3.05, 3.63) is 34.6 Å². The van der Waals surface area contributed by atoms with Gasteiger partial charge in [0.25, 0.3) is 0 Å². The second kappa shape index (κ2) is 4.31. The highest BCUT2D eigenvalue weighted by Crippen LogP contribution is 2.38. The SMILES string of the molecule is O=CC(Cc1cc(F)ccc1Cl)C1CC1. The summed E-state index contributed by atoms with van der Waals surface area (Å²) in [5.41, 5.74) is 0.737. The zero-order valence-corrected chi connectivity index (χ0v) is 9.01. The first-order chi connectivity index (χ1) is 7.20. The number of hydrogen-bond acceptors (Lipinski definition) is 1. The largest absolute Gasteiger partial charge is 0.303 e. The van der Waals surface area contributed by atoms with Crippen molar-refractivity contribution in [2.24, 2.45) is 11.8 Å². The smallest absolute Gasteiger partial charge is 0.123 e. The van der Waals surface area contributed by atoms with Gasteiger partial charge in [-0.1, -0.05) is 11.6 Å². The summed E-state index contributed by atoms with van der Waals surface area (Å²) >= 11 is 5.94. The van der Waals surface area contributed by atoms with Gasteiger partial charge in [0.1, 0.15) is 12.1 Å². The van der Waals surface area contributed by atoms with Gasteiger partial charge in [0.2, 0.25) is 0 Å². The molecule has 0 aromatic heterocycles. The van der Waals surface area contributed by atoms with Crippen LogP contribution in [0.15, 0.2) is 18.2 Å². The van der Waals surface area contributed by atoms with E-state index in [1.807, 2.05) is 0 Å². The van der Waals surface area contributed by atoms with Crippen LogP contribution in [0.5, 0.6) is 0 Å². The van der Waals surface area contributed by atoms with Gasteiger partial charge in [-0.25, -0.2) is 4.39 Å². The van der Waals surface area contributed by atoms with E-state index in [9.17, 15) is 9.18 Å². The molecule has 0 radical (unpaired) electrons. The molecule has 0 amide bonds. The fraction of sp³-hybridized carbons (Fsp3) is 0.417. The van der Waals surface area contributed by atoms with Crippen LogP contribution < -0.4 is 0 Å². The molecule has 1 aromatic rings. The van der Waals surface area contributed by atoms with Crippen molar-refractivity contribution >= 4 is 17.9 Å². The third kappa shape index (κ3) is 2.57. The lowest BCUT2D eigenvalue weighted by Crippen LogP contribution is -2.09. The molecule has 1 saturated carbocycles. The topological polar surface area (TPSA) is 17.1 Å². The summed E-state index contributed by atoms with van der Waals surface area (Å²) in [4.78, 5) is 10.9. The Morgan fingerprint density at radius 3 is 2.87 bits per heavy atom. The number of carbonyl (C=O) groups is 1. The Morgan fingerprint density at radius 1 is 1.53 bits per heavy atom. The van der Waals surface area contributed by atoms with Crippen LogP contribution in [0.1, 0.15) is 18.4 Å². The maximum Gasteiger partial charge on any atom is 0.123 e. The molecule has 0 aliphatic heterocycles. The first-order valence-corrected chi connectivity index (χ1v) is 5.47. The summed E-state index contributed by atoms with van der Waals surface area (Å²) in [6.07, 6.45) is 3.75.